The fourth-order valence-electron chi connectivity index (χ4n) is 2.12. The van der Waals surface area contributed by atoms with E-state index in [-0.39, 0.29) is 30.0 Å². The molecule has 0 fully saturated rings. The molecule has 0 bridgehead atoms. The van der Waals surface area contributed by atoms with E-state index in [0.717, 1.165) is 5.01 Å². The summed E-state index contributed by atoms with van der Waals surface area (Å²) in [7, 11) is 1.17. The molecule has 22 heavy (non-hydrogen) atoms. The molecular weight excluding hydrogens is 292 g/mol. The molecule has 1 heterocycles. The van der Waals surface area contributed by atoms with Crippen molar-refractivity contribution >= 4 is 29.2 Å². The van der Waals surface area contributed by atoms with E-state index in [4.69, 9.17) is 10.2 Å². The average Bonchev–Trinajstić information content (AvgIpc) is 2.84. The zero-order chi connectivity index (χ0) is 16.3. The smallest absolute Gasteiger partial charge is 0.355 e. The standard InChI is InChI=1S/C14H14N2O6/c1-22-14(21)11-10(5-6-17)12(18)16(15-11)9-4-2-3-8(7-9)13(19)20/h2-4,7,10,17H,5-6H2,1H3,(H,19,20)/t10-/m1/s1. The number of rotatable bonds is 5. The maximum atomic E-state index is 12.4. The Kier molecular flexibility index (Phi) is 4.52. The summed E-state index contributed by atoms with van der Waals surface area (Å²) in [6, 6.07) is 5.63. The first-order chi connectivity index (χ1) is 10.5. The van der Waals surface area contributed by atoms with Gasteiger partial charge < -0.3 is 14.9 Å². The SMILES string of the molecule is COC(=O)C1=NN(c2cccc(C(=O)O)c2)C(=O)[C@@H]1CCO. The van der Waals surface area contributed by atoms with Crippen molar-refractivity contribution in [3.8, 4) is 0 Å². The molecule has 8 heteroatoms. The number of methoxy groups -OCH3 is 1. The van der Waals surface area contributed by atoms with Crippen molar-refractivity contribution in [3.63, 3.8) is 0 Å². The van der Waals surface area contributed by atoms with Gasteiger partial charge in [-0.2, -0.15) is 10.1 Å². The van der Waals surface area contributed by atoms with Gasteiger partial charge in [0.1, 0.15) is 0 Å². The minimum atomic E-state index is -1.14. The van der Waals surface area contributed by atoms with Gasteiger partial charge in [-0.05, 0) is 24.6 Å². The number of amides is 1. The maximum Gasteiger partial charge on any atom is 0.355 e. The monoisotopic (exact) mass is 306 g/mol. The lowest BCUT2D eigenvalue weighted by molar-refractivity contribution is -0.133. The largest absolute Gasteiger partial charge is 0.478 e. The second-order valence-corrected chi connectivity index (χ2v) is 4.55. The number of carboxylic acids is 1. The van der Waals surface area contributed by atoms with Crippen molar-refractivity contribution in [2.24, 2.45) is 11.0 Å². The summed E-state index contributed by atoms with van der Waals surface area (Å²) in [4.78, 5) is 35.0. The molecule has 1 aromatic carbocycles. The fourth-order valence-corrected chi connectivity index (χ4v) is 2.12. The van der Waals surface area contributed by atoms with Crippen LogP contribution in [-0.4, -0.2) is 47.5 Å². The van der Waals surface area contributed by atoms with Crippen LogP contribution in [0.1, 0.15) is 16.8 Å². The normalized spacial score (nSPS) is 17.4. The first-order valence-electron chi connectivity index (χ1n) is 6.44. The Hall–Kier alpha value is -2.74. The van der Waals surface area contributed by atoms with Gasteiger partial charge in [0.25, 0.3) is 5.91 Å². The molecule has 1 amide bonds. The molecular formula is C14H14N2O6. The zero-order valence-corrected chi connectivity index (χ0v) is 11.7. The number of hydrogen-bond donors (Lipinski definition) is 2. The van der Waals surface area contributed by atoms with Gasteiger partial charge in [0.05, 0.1) is 24.3 Å². The molecule has 0 unspecified atom stereocenters. The van der Waals surface area contributed by atoms with Gasteiger partial charge in [-0.15, -0.1) is 0 Å². The molecule has 0 saturated heterocycles. The molecule has 0 saturated carbocycles. The van der Waals surface area contributed by atoms with Gasteiger partial charge in [-0.25, -0.2) is 9.59 Å². The number of carbonyl (C=O) groups is 3. The van der Waals surface area contributed by atoms with Crippen LogP contribution >= 0.6 is 0 Å². The summed E-state index contributed by atoms with van der Waals surface area (Å²) in [5.41, 5.74) is 0.111. The highest BCUT2D eigenvalue weighted by Crippen LogP contribution is 2.26. The minimum Gasteiger partial charge on any atom is -0.478 e. The van der Waals surface area contributed by atoms with Crippen LogP contribution in [0.3, 0.4) is 0 Å². The Morgan fingerprint density at radius 2 is 2.14 bits per heavy atom. The van der Waals surface area contributed by atoms with Crippen LogP contribution < -0.4 is 5.01 Å². The Bertz CT molecular complexity index is 654. The second-order valence-electron chi connectivity index (χ2n) is 4.55. The predicted octanol–water partition coefficient (Wildman–Crippen LogP) is 0.259. The summed E-state index contributed by atoms with van der Waals surface area (Å²) in [6.07, 6.45) is 0.0297. The molecule has 1 aliphatic rings. The highest BCUT2D eigenvalue weighted by atomic mass is 16.5. The van der Waals surface area contributed by atoms with E-state index in [0.29, 0.717) is 0 Å². The highest BCUT2D eigenvalue weighted by Gasteiger charge is 2.40. The Balaban J connectivity index is 2.40. The van der Waals surface area contributed by atoms with E-state index in [1.54, 1.807) is 0 Å². The van der Waals surface area contributed by atoms with Gasteiger partial charge in [0.2, 0.25) is 0 Å². The number of nitrogens with zero attached hydrogens (tertiary/aromatic N) is 2. The third-order valence-corrected chi connectivity index (χ3v) is 3.19. The molecule has 116 valence electrons. The zero-order valence-electron chi connectivity index (χ0n) is 11.7. The third-order valence-electron chi connectivity index (χ3n) is 3.19. The molecule has 0 radical (unpaired) electrons. The topological polar surface area (TPSA) is 117 Å². The van der Waals surface area contributed by atoms with Gasteiger partial charge in [0.15, 0.2) is 5.71 Å². The van der Waals surface area contributed by atoms with Gasteiger partial charge in [-0.3, -0.25) is 4.79 Å². The minimum absolute atomic E-state index is 0.00859. The quantitative estimate of drug-likeness (QED) is 0.754. The summed E-state index contributed by atoms with van der Waals surface area (Å²) in [5.74, 6) is -3.33. The molecule has 0 aromatic heterocycles. The van der Waals surface area contributed by atoms with Crippen LogP contribution in [0, 0.1) is 5.92 Å². The number of hydrazone groups is 1. The van der Waals surface area contributed by atoms with E-state index < -0.39 is 23.8 Å². The number of aromatic carboxylic acids is 1. The Morgan fingerprint density at radius 1 is 1.41 bits per heavy atom. The number of aliphatic hydroxyl groups excluding tert-OH is 1. The molecule has 8 nitrogen and oxygen atoms in total. The van der Waals surface area contributed by atoms with E-state index >= 15 is 0 Å². The Morgan fingerprint density at radius 3 is 2.73 bits per heavy atom. The van der Waals surface area contributed by atoms with E-state index in [2.05, 4.69) is 9.84 Å². The molecule has 2 N–H and O–H groups in total. The molecule has 1 atom stereocenters. The van der Waals surface area contributed by atoms with Crippen LogP contribution in [0.5, 0.6) is 0 Å². The van der Waals surface area contributed by atoms with E-state index in [1.165, 1.54) is 31.4 Å². The summed E-state index contributed by atoms with van der Waals surface area (Å²) in [6.45, 7) is -0.296. The highest BCUT2D eigenvalue weighted by molar-refractivity contribution is 6.44. The van der Waals surface area contributed by atoms with Crippen molar-refractivity contribution in [1.82, 2.24) is 0 Å². The van der Waals surface area contributed by atoms with Crippen LogP contribution in [0.15, 0.2) is 29.4 Å². The van der Waals surface area contributed by atoms with Gasteiger partial charge >= 0.3 is 11.9 Å². The van der Waals surface area contributed by atoms with Crippen molar-refractivity contribution < 1.29 is 29.3 Å². The van der Waals surface area contributed by atoms with Crippen LogP contribution in [0.25, 0.3) is 0 Å². The third kappa shape index (κ3) is 2.82. The summed E-state index contributed by atoms with van der Waals surface area (Å²) < 4.78 is 4.58. The number of esters is 1. The van der Waals surface area contributed by atoms with Gasteiger partial charge in [0, 0.05) is 6.61 Å². The number of ether oxygens (including phenoxy) is 1. The molecule has 0 spiro atoms. The van der Waals surface area contributed by atoms with Crippen LogP contribution in [0.4, 0.5) is 5.69 Å². The lowest BCUT2D eigenvalue weighted by Crippen LogP contribution is -2.31. The van der Waals surface area contributed by atoms with Crippen LogP contribution in [0.2, 0.25) is 0 Å². The second kappa shape index (κ2) is 6.35. The van der Waals surface area contributed by atoms with Crippen molar-refractivity contribution in [2.45, 2.75) is 6.42 Å². The van der Waals surface area contributed by atoms with Crippen molar-refractivity contribution in [1.29, 1.82) is 0 Å². The number of aliphatic hydroxyl groups is 1. The first kappa shape index (κ1) is 15.6. The molecule has 2 rings (SSSR count). The number of carbonyl (C=O) groups excluding carboxylic acids is 2. The number of hydrogen-bond acceptors (Lipinski definition) is 6. The first-order valence-corrected chi connectivity index (χ1v) is 6.44. The van der Waals surface area contributed by atoms with Crippen molar-refractivity contribution in [2.75, 3.05) is 18.7 Å². The number of anilines is 1. The lowest BCUT2D eigenvalue weighted by Gasteiger charge is -2.14. The van der Waals surface area contributed by atoms with Crippen molar-refractivity contribution in [3.05, 3.63) is 29.8 Å². The average molecular weight is 306 g/mol. The molecule has 1 aliphatic heterocycles. The fraction of sp³-hybridized carbons (Fsp3) is 0.286. The van der Waals surface area contributed by atoms with E-state index in [1.807, 2.05) is 0 Å². The van der Waals surface area contributed by atoms with E-state index in [9.17, 15) is 14.4 Å². The predicted molar refractivity (Wildman–Crippen MR) is 75.5 cm³/mol. The molecule has 1 aromatic rings. The maximum absolute atomic E-state index is 12.4. The Labute approximate surface area is 125 Å². The number of benzene rings is 1. The van der Waals surface area contributed by atoms with Crippen LogP contribution in [-0.2, 0) is 14.3 Å². The molecule has 0 aliphatic carbocycles. The summed E-state index contributed by atoms with van der Waals surface area (Å²) >= 11 is 0. The van der Waals surface area contributed by atoms with Gasteiger partial charge in [-0.1, -0.05) is 6.07 Å². The number of carboxylic acid groups (broad SMARTS) is 1. The lowest BCUT2D eigenvalue weighted by atomic mass is 10.00. The summed E-state index contributed by atoms with van der Waals surface area (Å²) in [5, 5.41) is 22.9.